The summed E-state index contributed by atoms with van der Waals surface area (Å²) in [6.45, 7) is 12.2. The molecule has 2 N–H and O–H groups in total. The summed E-state index contributed by atoms with van der Waals surface area (Å²) in [7, 11) is 1.75. The highest BCUT2D eigenvalue weighted by Gasteiger charge is 2.24. The fraction of sp³-hybridized carbons (Fsp3) is 1.00. The van der Waals surface area contributed by atoms with Crippen LogP contribution in [0, 0.1) is 17.3 Å². The van der Waals surface area contributed by atoms with E-state index in [1.54, 1.807) is 7.11 Å². The SMILES string of the molecule is COCCC(C)C(N)CC(C)C(C)(C)C. The molecule has 0 aliphatic heterocycles. The summed E-state index contributed by atoms with van der Waals surface area (Å²) >= 11 is 0. The molecule has 0 aliphatic carbocycles. The summed E-state index contributed by atoms with van der Waals surface area (Å²) in [5.74, 6) is 1.22. The van der Waals surface area contributed by atoms with E-state index in [2.05, 4.69) is 34.6 Å². The molecule has 15 heavy (non-hydrogen) atoms. The van der Waals surface area contributed by atoms with Gasteiger partial charge in [0.25, 0.3) is 0 Å². The van der Waals surface area contributed by atoms with Gasteiger partial charge in [-0.3, -0.25) is 0 Å². The van der Waals surface area contributed by atoms with Gasteiger partial charge >= 0.3 is 0 Å². The maximum absolute atomic E-state index is 6.20. The van der Waals surface area contributed by atoms with E-state index in [1.165, 1.54) is 0 Å². The van der Waals surface area contributed by atoms with Gasteiger partial charge in [0, 0.05) is 19.8 Å². The van der Waals surface area contributed by atoms with Crippen molar-refractivity contribution >= 4 is 0 Å². The van der Waals surface area contributed by atoms with Crippen LogP contribution in [0.25, 0.3) is 0 Å². The summed E-state index contributed by atoms with van der Waals surface area (Å²) in [6.07, 6.45) is 2.17. The molecule has 0 aromatic rings. The number of ether oxygens (including phenoxy) is 1. The quantitative estimate of drug-likeness (QED) is 0.739. The van der Waals surface area contributed by atoms with Crippen molar-refractivity contribution in [1.82, 2.24) is 0 Å². The third kappa shape index (κ3) is 6.16. The van der Waals surface area contributed by atoms with Crippen LogP contribution in [0.1, 0.15) is 47.5 Å². The average molecular weight is 215 g/mol. The van der Waals surface area contributed by atoms with Crippen molar-refractivity contribution in [3.8, 4) is 0 Å². The van der Waals surface area contributed by atoms with Crippen molar-refractivity contribution in [3.63, 3.8) is 0 Å². The van der Waals surface area contributed by atoms with Gasteiger partial charge in [-0.25, -0.2) is 0 Å². The lowest BCUT2D eigenvalue weighted by molar-refractivity contribution is 0.162. The molecule has 2 heteroatoms. The Balaban J connectivity index is 3.95. The third-order valence-corrected chi connectivity index (χ3v) is 3.61. The highest BCUT2D eigenvalue weighted by atomic mass is 16.5. The predicted octanol–water partition coefficient (Wildman–Crippen LogP) is 3.06. The number of nitrogens with two attached hydrogens (primary N) is 1. The van der Waals surface area contributed by atoms with Gasteiger partial charge in [0.05, 0.1) is 0 Å². The molecule has 0 spiro atoms. The second-order valence-corrected chi connectivity index (χ2v) is 5.93. The van der Waals surface area contributed by atoms with Crippen molar-refractivity contribution in [2.24, 2.45) is 23.0 Å². The standard InChI is InChI=1S/C13H29NO/c1-10(7-8-15-6)12(14)9-11(2)13(3,4)5/h10-12H,7-9,14H2,1-6H3. The van der Waals surface area contributed by atoms with E-state index in [-0.39, 0.29) is 0 Å². The minimum absolute atomic E-state index is 0.300. The largest absolute Gasteiger partial charge is 0.385 e. The molecule has 0 aliphatic rings. The van der Waals surface area contributed by atoms with Crippen LogP contribution in [0.15, 0.2) is 0 Å². The fourth-order valence-electron chi connectivity index (χ4n) is 1.51. The highest BCUT2D eigenvalue weighted by molar-refractivity contribution is 4.78. The maximum atomic E-state index is 6.20. The van der Waals surface area contributed by atoms with Crippen molar-refractivity contribution in [3.05, 3.63) is 0 Å². The van der Waals surface area contributed by atoms with Gasteiger partial charge < -0.3 is 10.5 Å². The van der Waals surface area contributed by atoms with Crippen LogP contribution in [0.4, 0.5) is 0 Å². The van der Waals surface area contributed by atoms with Gasteiger partial charge in [-0.2, -0.15) is 0 Å². The first-order valence-corrected chi connectivity index (χ1v) is 6.03. The molecule has 3 atom stereocenters. The van der Waals surface area contributed by atoms with E-state index in [4.69, 9.17) is 10.5 Å². The molecular weight excluding hydrogens is 186 g/mol. The fourth-order valence-corrected chi connectivity index (χ4v) is 1.51. The molecule has 0 amide bonds. The molecule has 0 bridgehead atoms. The van der Waals surface area contributed by atoms with Crippen molar-refractivity contribution in [2.45, 2.75) is 53.5 Å². The second-order valence-electron chi connectivity index (χ2n) is 5.93. The first-order chi connectivity index (χ1) is 6.79. The van der Waals surface area contributed by atoms with E-state index >= 15 is 0 Å². The summed E-state index contributed by atoms with van der Waals surface area (Å²) in [6, 6.07) is 0.300. The topological polar surface area (TPSA) is 35.2 Å². The van der Waals surface area contributed by atoms with Crippen LogP contribution in [-0.2, 0) is 4.74 Å². The van der Waals surface area contributed by atoms with E-state index in [1.807, 2.05) is 0 Å². The lowest BCUT2D eigenvalue weighted by Crippen LogP contribution is -2.34. The molecular formula is C13H29NO. The van der Waals surface area contributed by atoms with Crippen molar-refractivity contribution in [1.29, 1.82) is 0 Å². The van der Waals surface area contributed by atoms with E-state index in [0.717, 1.165) is 19.4 Å². The summed E-state index contributed by atoms with van der Waals surface area (Å²) in [5.41, 5.74) is 6.56. The second kappa shape index (κ2) is 6.49. The molecule has 2 nitrogen and oxygen atoms in total. The summed E-state index contributed by atoms with van der Waals surface area (Å²) < 4.78 is 5.08. The zero-order valence-electron chi connectivity index (χ0n) is 11.3. The number of methoxy groups -OCH3 is 1. The normalized spacial score (nSPS) is 18.6. The molecule has 0 saturated carbocycles. The Bertz CT molecular complexity index is 162. The summed E-state index contributed by atoms with van der Waals surface area (Å²) in [4.78, 5) is 0. The van der Waals surface area contributed by atoms with Gasteiger partial charge in [0.1, 0.15) is 0 Å². The van der Waals surface area contributed by atoms with Gasteiger partial charge in [0.15, 0.2) is 0 Å². The first-order valence-electron chi connectivity index (χ1n) is 6.03. The van der Waals surface area contributed by atoms with Crippen LogP contribution in [0.3, 0.4) is 0 Å². The zero-order chi connectivity index (χ0) is 12.1. The Morgan fingerprint density at radius 1 is 1.20 bits per heavy atom. The van der Waals surface area contributed by atoms with Crippen LogP contribution in [0.2, 0.25) is 0 Å². The molecule has 0 fully saturated rings. The lowest BCUT2D eigenvalue weighted by atomic mass is 9.77. The number of rotatable bonds is 6. The lowest BCUT2D eigenvalue weighted by Gasteiger charge is -2.31. The molecule has 92 valence electrons. The smallest absolute Gasteiger partial charge is 0.0465 e. The average Bonchev–Trinajstić information content (AvgIpc) is 2.12. The minimum Gasteiger partial charge on any atom is -0.385 e. The third-order valence-electron chi connectivity index (χ3n) is 3.61. The Labute approximate surface area is 95.6 Å². The van der Waals surface area contributed by atoms with Crippen LogP contribution < -0.4 is 5.73 Å². The molecule has 3 unspecified atom stereocenters. The van der Waals surface area contributed by atoms with Gasteiger partial charge in [-0.1, -0.05) is 34.6 Å². The molecule has 0 aromatic heterocycles. The van der Waals surface area contributed by atoms with E-state index in [9.17, 15) is 0 Å². The Kier molecular flexibility index (Phi) is 6.46. The Hall–Kier alpha value is -0.0800. The number of hydrogen-bond donors (Lipinski definition) is 1. The van der Waals surface area contributed by atoms with E-state index < -0.39 is 0 Å². The zero-order valence-corrected chi connectivity index (χ0v) is 11.3. The van der Waals surface area contributed by atoms with Crippen LogP contribution in [0.5, 0.6) is 0 Å². The highest BCUT2D eigenvalue weighted by Crippen LogP contribution is 2.30. The molecule has 0 radical (unpaired) electrons. The Morgan fingerprint density at radius 3 is 2.13 bits per heavy atom. The van der Waals surface area contributed by atoms with Gasteiger partial charge in [-0.05, 0) is 30.1 Å². The van der Waals surface area contributed by atoms with Crippen LogP contribution in [-0.4, -0.2) is 19.8 Å². The van der Waals surface area contributed by atoms with Gasteiger partial charge in [0.2, 0.25) is 0 Å². The predicted molar refractivity (Wildman–Crippen MR) is 66.9 cm³/mol. The number of hydrogen-bond acceptors (Lipinski definition) is 2. The molecule has 0 aromatic carbocycles. The maximum Gasteiger partial charge on any atom is 0.0465 e. The molecule has 0 heterocycles. The molecule has 0 saturated heterocycles. The van der Waals surface area contributed by atoms with Gasteiger partial charge in [-0.15, -0.1) is 0 Å². The monoisotopic (exact) mass is 215 g/mol. The van der Waals surface area contributed by atoms with Crippen molar-refractivity contribution in [2.75, 3.05) is 13.7 Å². The Morgan fingerprint density at radius 2 is 1.73 bits per heavy atom. The summed E-state index contributed by atoms with van der Waals surface area (Å²) in [5, 5.41) is 0. The van der Waals surface area contributed by atoms with E-state index in [0.29, 0.717) is 23.3 Å². The minimum atomic E-state index is 0.300. The van der Waals surface area contributed by atoms with Crippen molar-refractivity contribution < 1.29 is 4.74 Å². The molecule has 0 rings (SSSR count). The first kappa shape index (κ1) is 14.9. The van der Waals surface area contributed by atoms with Crippen LogP contribution >= 0.6 is 0 Å².